The number of piperidine rings is 1. The Morgan fingerprint density at radius 3 is 2.25 bits per heavy atom. The molecular weight excluding hydrogens is 302 g/mol. The Labute approximate surface area is 144 Å². The molecule has 2 aliphatic rings. The van der Waals surface area contributed by atoms with Gasteiger partial charge in [-0.1, -0.05) is 31.0 Å². The quantitative estimate of drug-likeness (QED) is 0.905. The minimum Gasteiger partial charge on any atom is -0.342 e. The van der Waals surface area contributed by atoms with Crippen molar-refractivity contribution in [1.82, 2.24) is 9.80 Å². The molecule has 3 rings (SSSR count). The lowest BCUT2D eigenvalue weighted by Gasteiger charge is -2.34. The van der Waals surface area contributed by atoms with E-state index in [1.165, 1.54) is 12.8 Å². The Bertz CT molecular complexity index is 553. The average Bonchev–Trinajstić information content (AvgIpc) is 2.91. The number of hydrogen-bond donors (Lipinski definition) is 1. The van der Waals surface area contributed by atoms with E-state index in [9.17, 15) is 9.59 Å². The highest BCUT2D eigenvalue weighted by molar-refractivity contribution is 5.90. The van der Waals surface area contributed by atoms with Crippen molar-refractivity contribution < 1.29 is 9.59 Å². The summed E-state index contributed by atoms with van der Waals surface area (Å²) in [5, 5.41) is 2.92. The van der Waals surface area contributed by atoms with Crippen molar-refractivity contribution in [2.75, 3.05) is 31.5 Å². The smallest absolute Gasteiger partial charge is 0.321 e. The maximum absolute atomic E-state index is 12.8. The molecule has 1 aromatic rings. The first kappa shape index (κ1) is 16.8. The number of benzene rings is 1. The van der Waals surface area contributed by atoms with Gasteiger partial charge in [-0.15, -0.1) is 0 Å². The molecule has 2 saturated heterocycles. The number of carbonyl (C=O) groups excluding carboxylic acids is 2. The zero-order chi connectivity index (χ0) is 16.8. The second-order valence-corrected chi connectivity index (χ2v) is 6.82. The number of rotatable bonds is 2. The van der Waals surface area contributed by atoms with Crippen LogP contribution in [0.5, 0.6) is 0 Å². The molecule has 1 atom stereocenters. The highest BCUT2D eigenvalue weighted by Crippen LogP contribution is 2.21. The maximum Gasteiger partial charge on any atom is 0.321 e. The summed E-state index contributed by atoms with van der Waals surface area (Å²) in [7, 11) is 0. The molecule has 0 unspecified atom stereocenters. The lowest BCUT2D eigenvalue weighted by molar-refractivity contribution is -0.136. The van der Waals surface area contributed by atoms with Crippen molar-refractivity contribution >= 4 is 17.6 Å². The molecule has 24 heavy (non-hydrogen) atoms. The minimum atomic E-state index is -0.102. The van der Waals surface area contributed by atoms with Crippen LogP contribution < -0.4 is 5.32 Å². The fourth-order valence-electron chi connectivity index (χ4n) is 3.64. The van der Waals surface area contributed by atoms with Gasteiger partial charge in [-0.3, -0.25) is 4.79 Å². The molecule has 0 aromatic heterocycles. The first-order chi connectivity index (χ1) is 11.7. The largest absolute Gasteiger partial charge is 0.342 e. The van der Waals surface area contributed by atoms with Crippen molar-refractivity contribution in [2.45, 2.75) is 38.5 Å². The number of para-hydroxylation sites is 1. The Morgan fingerprint density at radius 1 is 0.875 bits per heavy atom. The monoisotopic (exact) mass is 329 g/mol. The van der Waals surface area contributed by atoms with Crippen LogP contribution in [0.15, 0.2) is 30.3 Å². The lowest BCUT2D eigenvalue weighted by atomic mass is 9.96. The summed E-state index contributed by atoms with van der Waals surface area (Å²) in [5.74, 6) is 0.201. The van der Waals surface area contributed by atoms with E-state index in [4.69, 9.17) is 0 Å². The fraction of sp³-hybridized carbons (Fsp3) is 0.579. The topological polar surface area (TPSA) is 52.7 Å². The van der Waals surface area contributed by atoms with Crippen LogP contribution in [-0.4, -0.2) is 47.9 Å². The molecule has 0 aliphatic carbocycles. The molecule has 5 heteroatoms. The van der Waals surface area contributed by atoms with Gasteiger partial charge in [-0.05, 0) is 37.8 Å². The molecule has 2 fully saturated rings. The van der Waals surface area contributed by atoms with Gasteiger partial charge in [0.25, 0.3) is 0 Å². The number of likely N-dealkylation sites (tertiary alicyclic amines) is 2. The zero-order valence-electron chi connectivity index (χ0n) is 14.2. The number of nitrogens with zero attached hydrogens (tertiary/aromatic N) is 2. The molecule has 0 bridgehead atoms. The van der Waals surface area contributed by atoms with Gasteiger partial charge in [0, 0.05) is 31.9 Å². The van der Waals surface area contributed by atoms with E-state index in [0.29, 0.717) is 6.54 Å². The van der Waals surface area contributed by atoms with Gasteiger partial charge in [0.1, 0.15) is 0 Å². The SMILES string of the molecule is O=C(Nc1ccccc1)N1CCC[C@H](C(=O)N2CCCCCC2)C1. The van der Waals surface area contributed by atoms with Crippen LogP contribution in [0, 0.1) is 5.92 Å². The summed E-state index contributed by atoms with van der Waals surface area (Å²) in [6.45, 7) is 3.02. The fourth-order valence-corrected chi connectivity index (χ4v) is 3.64. The molecule has 2 heterocycles. The third-order valence-electron chi connectivity index (χ3n) is 5.00. The van der Waals surface area contributed by atoms with Crippen molar-refractivity contribution in [3.8, 4) is 0 Å². The first-order valence-electron chi connectivity index (χ1n) is 9.14. The van der Waals surface area contributed by atoms with Gasteiger partial charge in [0.2, 0.25) is 5.91 Å². The van der Waals surface area contributed by atoms with Crippen LogP contribution in [0.2, 0.25) is 0 Å². The summed E-state index contributed by atoms with van der Waals surface area (Å²) >= 11 is 0. The molecule has 130 valence electrons. The predicted octanol–water partition coefficient (Wildman–Crippen LogP) is 3.33. The molecule has 2 aliphatic heterocycles. The van der Waals surface area contributed by atoms with Crippen LogP contribution in [0.4, 0.5) is 10.5 Å². The first-order valence-corrected chi connectivity index (χ1v) is 9.14. The summed E-state index contributed by atoms with van der Waals surface area (Å²) in [6, 6.07) is 9.37. The predicted molar refractivity (Wildman–Crippen MR) is 94.8 cm³/mol. The minimum absolute atomic E-state index is 0.0432. The number of urea groups is 1. The molecule has 5 nitrogen and oxygen atoms in total. The normalized spacial score (nSPS) is 21.9. The van der Waals surface area contributed by atoms with E-state index in [-0.39, 0.29) is 17.9 Å². The Kier molecular flexibility index (Phi) is 5.72. The molecule has 0 saturated carbocycles. The van der Waals surface area contributed by atoms with Crippen LogP contribution in [-0.2, 0) is 4.79 Å². The molecule has 3 amide bonds. The number of hydrogen-bond acceptors (Lipinski definition) is 2. The van der Waals surface area contributed by atoms with Gasteiger partial charge >= 0.3 is 6.03 Å². The van der Waals surface area contributed by atoms with E-state index in [0.717, 1.165) is 51.0 Å². The highest BCUT2D eigenvalue weighted by atomic mass is 16.2. The standard InChI is InChI=1S/C19H27N3O2/c23-18(21-12-6-1-2-7-13-21)16-9-8-14-22(15-16)19(24)20-17-10-4-3-5-11-17/h3-5,10-11,16H,1-2,6-9,12-15H2,(H,20,24)/t16-/m0/s1. The number of anilines is 1. The number of nitrogens with one attached hydrogen (secondary N) is 1. The van der Waals surface area contributed by atoms with Gasteiger partial charge in [-0.25, -0.2) is 4.79 Å². The van der Waals surface area contributed by atoms with E-state index < -0.39 is 0 Å². The second kappa shape index (κ2) is 8.18. The summed E-state index contributed by atoms with van der Waals surface area (Å²) in [6.07, 6.45) is 6.45. The molecule has 1 aromatic carbocycles. The van der Waals surface area contributed by atoms with Gasteiger partial charge < -0.3 is 15.1 Å². The van der Waals surface area contributed by atoms with E-state index in [1.807, 2.05) is 35.2 Å². The van der Waals surface area contributed by atoms with E-state index in [1.54, 1.807) is 4.90 Å². The summed E-state index contributed by atoms with van der Waals surface area (Å²) in [5.41, 5.74) is 0.795. The third kappa shape index (κ3) is 4.28. The van der Waals surface area contributed by atoms with Crippen LogP contribution in [0.25, 0.3) is 0 Å². The summed E-state index contributed by atoms with van der Waals surface area (Å²) in [4.78, 5) is 29.1. The second-order valence-electron chi connectivity index (χ2n) is 6.82. The van der Waals surface area contributed by atoms with E-state index >= 15 is 0 Å². The zero-order valence-corrected chi connectivity index (χ0v) is 14.2. The van der Waals surface area contributed by atoms with Crippen LogP contribution in [0.3, 0.4) is 0 Å². The summed E-state index contributed by atoms with van der Waals surface area (Å²) < 4.78 is 0. The molecule has 0 spiro atoms. The molecular formula is C19H27N3O2. The van der Waals surface area contributed by atoms with Crippen molar-refractivity contribution in [2.24, 2.45) is 5.92 Å². The average molecular weight is 329 g/mol. The molecule has 0 radical (unpaired) electrons. The van der Waals surface area contributed by atoms with Crippen LogP contribution in [0.1, 0.15) is 38.5 Å². The third-order valence-corrected chi connectivity index (χ3v) is 5.00. The van der Waals surface area contributed by atoms with Gasteiger partial charge in [0.05, 0.1) is 5.92 Å². The molecule has 1 N–H and O–H groups in total. The Hall–Kier alpha value is -2.04. The highest BCUT2D eigenvalue weighted by Gasteiger charge is 2.31. The van der Waals surface area contributed by atoms with Crippen molar-refractivity contribution in [1.29, 1.82) is 0 Å². The van der Waals surface area contributed by atoms with Crippen LogP contribution >= 0.6 is 0 Å². The van der Waals surface area contributed by atoms with Gasteiger partial charge in [0.15, 0.2) is 0 Å². The maximum atomic E-state index is 12.8. The Morgan fingerprint density at radius 2 is 1.54 bits per heavy atom. The van der Waals surface area contributed by atoms with Crippen molar-refractivity contribution in [3.63, 3.8) is 0 Å². The Balaban J connectivity index is 1.57. The van der Waals surface area contributed by atoms with Crippen molar-refractivity contribution in [3.05, 3.63) is 30.3 Å². The van der Waals surface area contributed by atoms with E-state index in [2.05, 4.69) is 5.32 Å². The number of carbonyl (C=O) groups is 2. The lowest BCUT2D eigenvalue weighted by Crippen LogP contribution is -2.48. The van der Waals surface area contributed by atoms with Gasteiger partial charge in [-0.2, -0.15) is 0 Å². The number of amides is 3.